The third kappa shape index (κ3) is 1.53. The van der Waals surface area contributed by atoms with Gasteiger partial charge < -0.3 is 4.57 Å². The van der Waals surface area contributed by atoms with Crippen molar-refractivity contribution < 1.29 is 4.79 Å². The fourth-order valence-corrected chi connectivity index (χ4v) is 1.69. The molecule has 2 aromatic heterocycles. The van der Waals surface area contributed by atoms with Crippen LogP contribution in [0.1, 0.15) is 0 Å². The Balaban J connectivity index is 2.94. The van der Waals surface area contributed by atoms with E-state index in [1.165, 1.54) is 22.5 Å². The summed E-state index contributed by atoms with van der Waals surface area (Å²) in [6.45, 7) is -0.0872. The van der Waals surface area contributed by atoms with Crippen LogP contribution in [0.25, 0.3) is 11.2 Å². The van der Waals surface area contributed by atoms with E-state index in [1.54, 1.807) is 13.0 Å². The number of allylic oxidation sites excluding steroid dienone is 1. The van der Waals surface area contributed by atoms with Crippen LogP contribution < -0.4 is 11.2 Å². The van der Waals surface area contributed by atoms with Gasteiger partial charge in [0.05, 0.1) is 12.9 Å². The van der Waals surface area contributed by atoms with E-state index in [0.717, 1.165) is 10.6 Å². The van der Waals surface area contributed by atoms with E-state index in [4.69, 9.17) is 0 Å². The van der Waals surface area contributed by atoms with Crippen molar-refractivity contribution in [3.63, 3.8) is 0 Å². The summed E-state index contributed by atoms with van der Waals surface area (Å²) in [5, 5.41) is 0. The Morgan fingerprint density at radius 1 is 1.41 bits per heavy atom. The summed E-state index contributed by atoms with van der Waals surface area (Å²) >= 11 is 0. The van der Waals surface area contributed by atoms with Gasteiger partial charge in [0.2, 0.25) is 0 Å². The lowest BCUT2D eigenvalue weighted by molar-refractivity contribution is 0.566. The summed E-state index contributed by atoms with van der Waals surface area (Å²) in [5.41, 5.74) is -0.317. The van der Waals surface area contributed by atoms with Crippen molar-refractivity contribution in [3.8, 4) is 0 Å². The molecular weight excluding hydrogens is 224 g/mol. The predicted octanol–water partition coefficient (Wildman–Crippen LogP) is -1.18. The lowest BCUT2D eigenvalue weighted by Gasteiger charge is -2.05. The number of aromatic nitrogens is 4. The number of rotatable bonds is 2. The Labute approximate surface area is 95.2 Å². The molecule has 7 heteroatoms. The summed E-state index contributed by atoms with van der Waals surface area (Å²) in [7, 11) is 3.19. The summed E-state index contributed by atoms with van der Waals surface area (Å²) < 4.78 is 3.78. The Kier molecular flexibility index (Phi) is 2.53. The van der Waals surface area contributed by atoms with Crippen LogP contribution in [0.3, 0.4) is 0 Å². The molecule has 17 heavy (non-hydrogen) atoms. The van der Waals surface area contributed by atoms with Gasteiger partial charge in [-0.2, -0.15) is 0 Å². The average molecular weight is 234 g/mol. The van der Waals surface area contributed by atoms with Gasteiger partial charge in [-0.25, -0.2) is 14.6 Å². The molecule has 0 unspecified atom stereocenters. The minimum atomic E-state index is -0.507. The van der Waals surface area contributed by atoms with Gasteiger partial charge in [-0.3, -0.25) is 13.9 Å². The fraction of sp³-hybridized carbons (Fsp3) is 0.300. The molecule has 0 N–H and O–H groups in total. The van der Waals surface area contributed by atoms with E-state index in [2.05, 4.69) is 4.98 Å². The highest BCUT2D eigenvalue weighted by atomic mass is 16.2. The van der Waals surface area contributed by atoms with Crippen molar-refractivity contribution in [1.82, 2.24) is 18.7 Å². The first-order valence-electron chi connectivity index (χ1n) is 4.88. The molecule has 0 spiro atoms. The van der Waals surface area contributed by atoms with Gasteiger partial charge in [0.15, 0.2) is 11.2 Å². The summed E-state index contributed by atoms with van der Waals surface area (Å²) in [5.74, 6) is 1.54. The van der Waals surface area contributed by atoms with Crippen molar-refractivity contribution in [2.24, 2.45) is 14.1 Å². The van der Waals surface area contributed by atoms with Gasteiger partial charge >= 0.3 is 5.69 Å². The normalized spacial score (nSPS) is 10.5. The Bertz CT molecular complexity index is 743. The van der Waals surface area contributed by atoms with Gasteiger partial charge in [0, 0.05) is 20.2 Å². The lowest BCUT2D eigenvalue weighted by atomic mass is 10.5. The quantitative estimate of drug-likeness (QED) is 0.613. The van der Waals surface area contributed by atoms with E-state index in [1.807, 2.05) is 0 Å². The number of fused-ring (bicyclic) bond motifs is 1. The van der Waals surface area contributed by atoms with Crippen molar-refractivity contribution in [2.75, 3.05) is 0 Å². The molecule has 0 atom stereocenters. The first-order valence-corrected chi connectivity index (χ1v) is 4.88. The molecule has 0 aliphatic carbocycles. The van der Waals surface area contributed by atoms with Crippen LogP contribution in [0.15, 0.2) is 22.0 Å². The van der Waals surface area contributed by atoms with Gasteiger partial charge in [0.25, 0.3) is 5.56 Å². The number of carbonyl (C=O) groups excluding carboxylic acids is 1. The standard InChI is InChI=1S/C10H10N4O3/c1-12-6-11-8-7(12)9(16)14(4-3-5-15)10(17)13(8)2/h3,6H,4H2,1-2H3. The maximum Gasteiger partial charge on any atom is 0.332 e. The van der Waals surface area contributed by atoms with E-state index in [9.17, 15) is 14.4 Å². The van der Waals surface area contributed by atoms with E-state index < -0.39 is 11.2 Å². The van der Waals surface area contributed by atoms with E-state index >= 15 is 0 Å². The molecule has 0 saturated carbocycles. The number of imidazole rings is 1. The summed E-state index contributed by atoms with van der Waals surface area (Å²) in [4.78, 5) is 38.0. The highest BCUT2D eigenvalue weighted by Gasteiger charge is 2.13. The van der Waals surface area contributed by atoms with E-state index in [-0.39, 0.29) is 6.54 Å². The minimum Gasteiger partial charge on any atom is -0.328 e. The van der Waals surface area contributed by atoms with Crippen LogP contribution >= 0.6 is 0 Å². The number of nitrogens with zero attached hydrogens (tertiary/aromatic N) is 4. The average Bonchev–Trinajstić information content (AvgIpc) is 2.69. The first-order chi connectivity index (χ1) is 8.07. The van der Waals surface area contributed by atoms with Gasteiger partial charge in [-0.1, -0.05) is 0 Å². The third-order valence-electron chi connectivity index (χ3n) is 2.56. The zero-order chi connectivity index (χ0) is 12.6. The van der Waals surface area contributed by atoms with Crippen LogP contribution in [0.2, 0.25) is 0 Å². The van der Waals surface area contributed by atoms with Gasteiger partial charge in [-0.15, -0.1) is 0 Å². The summed E-state index contributed by atoms with van der Waals surface area (Å²) in [6.07, 6.45) is 2.55. The molecule has 7 nitrogen and oxygen atoms in total. The number of hydrogen-bond acceptors (Lipinski definition) is 4. The second-order valence-corrected chi connectivity index (χ2v) is 3.61. The molecule has 88 valence electrons. The monoisotopic (exact) mass is 234 g/mol. The van der Waals surface area contributed by atoms with Crippen LogP contribution in [0.5, 0.6) is 0 Å². The third-order valence-corrected chi connectivity index (χ3v) is 2.56. The smallest absolute Gasteiger partial charge is 0.328 e. The fourth-order valence-electron chi connectivity index (χ4n) is 1.69. The highest BCUT2D eigenvalue weighted by Crippen LogP contribution is 2.02. The maximum atomic E-state index is 12.0. The van der Waals surface area contributed by atoms with Gasteiger partial charge in [0.1, 0.15) is 5.94 Å². The highest BCUT2D eigenvalue weighted by molar-refractivity contribution is 5.69. The molecule has 0 aliphatic heterocycles. The molecule has 2 rings (SSSR count). The Hall–Kier alpha value is -2.40. The molecule has 0 radical (unpaired) electrons. The van der Waals surface area contributed by atoms with Crippen LogP contribution in [-0.2, 0) is 25.4 Å². The molecule has 0 amide bonds. The molecular formula is C10H10N4O3. The molecule has 0 aromatic carbocycles. The van der Waals surface area contributed by atoms with E-state index in [0.29, 0.717) is 11.2 Å². The van der Waals surface area contributed by atoms with Crippen molar-refractivity contribution in [2.45, 2.75) is 6.54 Å². The Morgan fingerprint density at radius 3 is 2.76 bits per heavy atom. The molecule has 0 fully saturated rings. The molecule has 2 aromatic rings. The summed E-state index contributed by atoms with van der Waals surface area (Å²) in [6, 6.07) is 0. The van der Waals surface area contributed by atoms with Crippen LogP contribution in [0, 0.1) is 0 Å². The Morgan fingerprint density at radius 2 is 2.12 bits per heavy atom. The number of hydrogen-bond donors (Lipinski definition) is 0. The lowest BCUT2D eigenvalue weighted by Crippen LogP contribution is -2.39. The predicted molar refractivity (Wildman–Crippen MR) is 60.5 cm³/mol. The van der Waals surface area contributed by atoms with Crippen LogP contribution in [-0.4, -0.2) is 24.6 Å². The first kappa shape index (κ1) is 11.1. The van der Waals surface area contributed by atoms with Crippen molar-refractivity contribution >= 4 is 17.1 Å². The second kappa shape index (κ2) is 3.88. The molecule has 0 bridgehead atoms. The number of aryl methyl sites for hydroxylation is 2. The molecule has 0 aliphatic rings. The minimum absolute atomic E-state index is 0.0872. The molecule has 0 saturated heterocycles. The SMILES string of the molecule is Cn1cnc2c1c(=O)n(CC=C=O)c(=O)n2C. The second-order valence-electron chi connectivity index (χ2n) is 3.61. The van der Waals surface area contributed by atoms with Gasteiger partial charge in [-0.05, 0) is 0 Å². The zero-order valence-electron chi connectivity index (χ0n) is 9.38. The largest absolute Gasteiger partial charge is 0.332 e. The topological polar surface area (TPSA) is 78.9 Å². The van der Waals surface area contributed by atoms with Crippen molar-refractivity contribution in [3.05, 3.63) is 33.2 Å². The zero-order valence-corrected chi connectivity index (χ0v) is 9.38. The maximum absolute atomic E-state index is 12.0. The van der Waals surface area contributed by atoms with Crippen molar-refractivity contribution in [1.29, 1.82) is 0 Å². The van der Waals surface area contributed by atoms with Crippen LogP contribution in [0.4, 0.5) is 0 Å². The molecule has 2 heterocycles.